The van der Waals surface area contributed by atoms with Crippen molar-refractivity contribution < 1.29 is 20.9 Å². The molecule has 66 heavy (non-hydrogen) atoms. The van der Waals surface area contributed by atoms with Gasteiger partial charge in [-0.05, 0) is 0 Å². The molecule has 2 atom stereocenters. The summed E-state index contributed by atoms with van der Waals surface area (Å²) in [6.45, 7) is 38.3. The maximum absolute atomic E-state index is 2.74. The average Bonchev–Trinajstić information content (AvgIpc) is 3.84. The Kier molecular flexibility index (Phi) is 13.3. The van der Waals surface area contributed by atoms with Gasteiger partial charge in [-0.25, -0.2) is 0 Å². The van der Waals surface area contributed by atoms with Crippen LogP contribution in [0.1, 0.15) is 162 Å². The number of benzene rings is 6. The van der Waals surface area contributed by atoms with E-state index >= 15 is 0 Å². The molecular weight excluding hydrogens is 888 g/mol. The van der Waals surface area contributed by atoms with Crippen LogP contribution >= 0.6 is 0 Å². The van der Waals surface area contributed by atoms with Crippen molar-refractivity contribution in [1.82, 2.24) is 0 Å². The van der Waals surface area contributed by atoms with Crippen LogP contribution in [-0.4, -0.2) is 5.92 Å². The monoisotopic (exact) mass is 963 g/mol. The molecule has 0 radical (unpaired) electrons. The summed E-state index contributed by atoms with van der Waals surface area (Å²) in [6.07, 6.45) is 7.56. The molecule has 0 saturated heterocycles. The van der Waals surface area contributed by atoms with E-state index in [1.807, 2.05) is 0 Å². The molecule has 2 unspecified atom stereocenters. The molecule has 0 N–H and O–H groups in total. The zero-order chi connectivity index (χ0) is 47.7. The minimum atomic E-state index is -2.60. The molecule has 0 spiro atoms. The molecule has 6 aromatic carbocycles. The first kappa shape index (κ1) is 48.4. The predicted molar refractivity (Wildman–Crippen MR) is 290 cm³/mol. The molecule has 0 heterocycles. The molecule has 0 saturated carbocycles. The number of fused-ring (bicyclic) bond motifs is 2. The van der Waals surface area contributed by atoms with Crippen molar-refractivity contribution in [2.75, 3.05) is 0 Å². The van der Waals surface area contributed by atoms with Crippen LogP contribution < -0.4 is 0 Å². The second-order valence-electron chi connectivity index (χ2n) is 24.0. The van der Waals surface area contributed by atoms with Gasteiger partial charge in [0.2, 0.25) is 0 Å². The van der Waals surface area contributed by atoms with Crippen molar-refractivity contribution in [1.29, 1.82) is 0 Å². The van der Waals surface area contributed by atoms with Gasteiger partial charge in [0.15, 0.2) is 0 Å². The third kappa shape index (κ3) is 9.25. The molecule has 0 amide bonds. The standard InChI is InChI=1S/2C31H35.C2H7Si.Zr/c2*1-8-21-19-28-26(22-9-13-24(14-10-22)30(2,3)4)17-18-27(29(28)20-21)23-11-15-25(16-12-23)31(5,6)7;1-3-2;/h2*9-20H,8H2,1-7H3;3H,1-2H3;. The molecule has 2 aliphatic carbocycles. The van der Waals surface area contributed by atoms with Crippen LogP contribution in [0.4, 0.5) is 0 Å². The number of rotatable bonds is 9. The number of allylic oxidation sites excluding steroid dienone is 2. The number of hydrogen-bond acceptors (Lipinski definition) is 0. The van der Waals surface area contributed by atoms with Gasteiger partial charge in [-0.3, -0.25) is 0 Å². The molecule has 0 aromatic heterocycles. The summed E-state index contributed by atoms with van der Waals surface area (Å²) in [5, 5.41) is 0. The van der Waals surface area contributed by atoms with Crippen molar-refractivity contribution in [3.8, 4) is 44.5 Å². The zero-order valence-corrected chi connectivity index (χ0v) is 47.0. The van der Waals surface area contributed by atoms with E-state index in [-0.39, 0.29) is 21.7 Å². The molecule has 0 aliphatic heterocycles. The van der Waals surface area contributed by atoms with Gasteiger partial charge >= 0.3 is 412 Å². The summed E-state index contributed by atoms with van der Waals surface area (Å²) in [5.41, 5.74) is 26.6. The van der Waals surface area contributed by atoms with E-state index in [1.54, 1.807) is 22.3 Å². The normalized spacial score (nSPS) is 16.3. The van der Waals surface area contributed by atoms with Crippen LogP contribution in [0.5, 0.6) is 0 Å². The van der Waals surface area contributed by atoms with Gasteiger partial charge in [-0.1, -0.05) is 0 Å². The molecule has 0 bridgehead atoms. The van der Waals surface area contributed by atoms with Crippen molar-refractivity contribution in [2.24, 2.45) is 0 Å². The Labute approximate surface area is 409 Å². The van der Waals surface area contributed by atoms with Crippen LogP contribution in [0, 0.1) is 0 Å². The van der Waals surface area contributed by atoms with Crippen LogP contribution in [-0.2, 0) is 42.6 Å². The van der Waals surface area contributed by atoms with E-state index in [2.05, 4.69) is 244 Å². The minimum absolute atomic E-state index is 0.101. The van der Waals surface area contributed by atoms with Gasteiger partial charge in [-0.2, -0.15) is 0 Å². The Morgan fingerprint density at radius 1 is 0.364 bits per heavy atom. The fourth-order valence-electron chi connectivity index (χ4n) is 10.9. The first-order valence-electron chi connectivity index (χ1n) is 25.1. The third-order valence-electron chi connectivity index (χ3n) is 15.0. The Balaban J connectivity index is 1.38. The topological polar surface area (TPSA) is 0 Å². The van der Waals surface area contributed by atoms with Crippen molar-refractivity contribution in [3.63, 3.8) is 0 Å². The van der Waals surface area contributed by atoms with E-state index in [4.69, 9.17) is 0 Å². The van der Waals surface area contributed by atoms with Crippen molar-refractivity contribution in [3.05, 3.63) is 177 Å². The number of hydrogen-bond donors (Lipinski definition) is 0. The summed E-state index contributed by atoms with van der Waals surface area (Å²) in [6, 6.07) is 48.4. The summed E-state index contributed by atoms with van der Waals surface area (Å²) < 4.78 is 1.00. The van der Waals surface area contributed by atoms with Gasteiger partial charge in [0.25, 0.3) is 0 Å². The quantitative estimate of drug-likeness (QED) is 0.127. The molecule has 0 fully saturated rings. The Morgan fingerprint density at radius 2 is 0.606 bits per heavy atom. The third-order valence-corrected chi connectivity index (χ3v) is 36.6. The molecule has 341 valence electrons. The van der Waals surface area contributed by atoms with Gasteiger partial charge in [0.05, 0.1) is 0 Å². The van der Waals surface area contributed by atoms with Gasteiger partial charge in [0.1, 0.15) is 0 Å². The van der Waals surface area contributed by atoms with Crippen LogP contribution in [0.3, 0.4) is 0 Å². The first-order valence-corrected chi connectivity index (χ1v) is 35.0. The second-order valence-corrected chi connectivity index (χ2v) is 44.0. The molecular formula is C64H77SiZr. The van der Waals surface area contributed by atoms with E-state index in [1.165, 1.54) is 77.9 Å². The Bertz CT molecular complexity index is 2590. The molecule has 0 nitrogen and oxygen atoms in total. The maximum atomic E-state index is 2.74. The van der Waals surface area contributed by atoms with Crippen molar-refractivity contribution >= 4 is 18.1 Å². The summed E-state index contributed by atoms with van der Waals surface area (Å²) in [4.78, 5) is 0. The summed E-state index contributed by atoms with van der Waals surface area (Å²) >= 11 is -2.60. The van der Waals surface area contributed by atoms with Crippen molar-refractivity contribution in [2.45, 2.75) is 152 Å². The zero-order valence-electron chi connectivity index (χ0n) is 43.3. The van der Waals surface area contributed by atoms with Crippen LogP contribution in [0.25, 0.3) is 56.7 Å². The molecule has 2 heteroatoms. The van der Waals surface area contributed by atoms with Gasteiger partial charge in [-0.15, -0.1) is 0 Å². The predicted octanol–water partition coefficient (Wildman–Crippen LogP) is 18.5. The van der Waals surface area contributed by atoms with E-state index in [0.29, 0.717) is 7.25 Å². The second kappa shape index (κ2) is 18.1. The Morgan fingerprint density at radius 3 is 0.833 bits per heavy atom. The fraction of sp³-hybridized carbons (Fsp3) is 0.375. The molecule has 6 aromatic rings. The van der Waals surface area contributed by atoms with Crippen LogP contribution in [0.2, 0.25) is 13.1 Å². The van der Waals surface area contributed by atoms with E-state index in [0.717, 1.165) is 12.8 Å². The Hall–Kier alpha value is -4.10. The molecule has 8 rings (SSSR count). The summed E-state index contributed by atoms with van der Waals surface area (Å²) in [5.74, 6) is -1.22. The van der Waals surface area contributed by atoms with Gasteiger partial charge in [0, 0.05) is 0 Å². The van der Waals surface area contributed by atoms with Gasteiger partial charge < -0.3 is 0 Å². The first-order chi connectivity index (χ1) is 31.0. The van der Waals surface area contributed by atoms with Crippen LogP contribution in [0.15, 0.2) is 132 Å². The van der Waals surface area contributed by atoms with E-state index < -0.39 is 26.8 Å². The fourth-order valence-corrected chi connectivity index (χ4v) is 34.1. The average molecular weight is 966 g/mol. The molecule has 2 aliphatic rings. The summed E-state index contributed by atoms with van der Waals surface area (Å²) in [7, 11) is 0. The van der Waals surface area contributed by atoms with E-state index in [9.17, 15) is 0 Å². The SMILES string of the molecule is CCC1=Cc2c(-c3ccc(C(C)(C)C)cc3)ccc(-c3ccc(C(C)(C)C)cc3)c2[CH]1[Zr]([CH]1C(CC)=Cc2c(-c3ccc(C(C)(C)C)cc3)ccc(-c3ccc(C(C)(C)C)cc3)c21)[SiH](C)C.